The number of hydrogen-bond donors (Lipinski definition) is 1. The minimum atomic E-state index is -0.475. The van der Waals surface area contributed by atoms with Crippen LogP contribution in [0.5, 0.6) is 5.88 Å². The number of aromatic nitrogens is 3. The van der Waals surface area contributed by atoms with Gasteiger partial charge >= 0.3 is 0 Å². The third kappa shape index (κ3) is 2.53. The summed E-state index contributed by atoms with van der Waals surface area (Å²) >= 11 is 1.42. The molecule has 1 aliphatic rings. The van der Waals surface area contributed by atoms with Gasteiger partial charge in [-0.2, -0.15) is 4.98 Å². The van der Waals surface area contributed by atoms with Gasteiger partial charge in [0.2, 0.25) is 17.3 Å². The Hall–Kier alpha value is -2.54. The van der Waals surface area contributed by atoms with Gasteiger partial charge in [0, 0.05) is 11.3 Å². The number of nitrogens with zero attached hydrogens (tertiary/aromatic N) is 3. The smallest absolute Gasteiger partial charge is 0.247 e. The minimum absolute atomic E-state index is 0.445. The number of furan rings is 1. The fraction of sp³-hybridized carbons (Fsp3) is 0.188. The highest BCUT2D eigenvalue weighted by Crippen LogP contribution is 2.39. The monoisotopic (exact) mass is 326 g/mol. The van der Waals surface area contributed by atoms with Crippen LogP contribution in [-0.2, 0) is 0 Å². The van der Waals surface area contributed by atoms with Crippen molar-refractivity contribution >= 4 is 17.4 Å². The number of anilines is 1. The molecule has 0 aliphatic carbocycles. The second-order valence-electron chi connectivity index (χ2n) is 5.09. The number of nitrogens with one attached hydrogen (secondary N) is 1. The van der Waals surface area contributed by atoms with E-state index in [0.717, 1.165) is 17.0 Å². The Labute approximate surface area is 137 Å². The van der Waals surface area contributed by atoms with Crippen LogP contribution < -0.4 is 10.1 Å². The molecule has 0 saturated carbocycles. The lowest BCUT2D eigenvalue weighted by molar-refractivity contribution is 0.194. The van der Waals surface area contributed by atoms with Gasteiger partial charge in [-0.3, -0.25) is 0 Å². The third-order valence-corrected chi connectivity index (χ3v) is 4.07. The van der Waals surface area contributed by atoms with Crippen LogP contribution in [0, 0.1) is 6.92 Å². The van der Waals surface area contributed by atoms with Crippen LogP contribution in [0.15, 0.2) is 46.0 Å². The van der Waals surface area contributed by atoms with Gasteiger partial charge < -0.3 is 14.5 Å². The minimum Gasteiger partial charge on any atom is -0.460 e. The van der Waals surface area contributed by atoms with Crippen molar-refractivity contribution in [1.82, 2.24) is 15.2 Å². The number of para-hydroxylation sites is 1. The van der Waals surface area contributed by atoms with Crippen molar-refractivity contribution in [2.24, 2.45) is 0 Å². The molecule has 0 saturated heterocycles. The molecule has 0 fully saturated rings. The number of ether oxygens (including phenoxy) is 1. The molecule has 0 radical (unpaired) electrons. The molecule has 0 amide bonds. The highest BCUT2D eigenvalue weighted by molar-refractivity contribution is 7.98. The van der Waals surface area contributed by atoms with Gasteiger partial charge in [-0.15, -0.1) is 10.2 Å². The van der Waals surface area contributed by atoms with E-state index in [-0.39, 0.29) is 0 Å². The lowest BCUT2D eigenvalue weighted by Crippen LogP contribution is -2.16. The van der Waals surface area contributed by atoms with E-state index in [0.29, 0.717) is 22.5 Å². The van der Waals surface area contributed by atoms with Crippen molar-refractivity contribution in [3.8, 4) is 17.1 Å². The van der Waals surface area contributed by atoms with Gasteiger partial charge in [0.25, 0.3) is 0 Å². The largest absolute Gasteiger partial charge is 0.460 e. The second kappa shape index (κ2) is 5.58. The van der Waals surface area contributed by atoms with E-state index in [1.165, 1.54) is 11.8 Å². The summed E-state index contributed by atoms with van der Waals surface area (Å²) in [5.41, 5.74) is 2.43. The summed E-state index contributed by atoms with van der Waals surface area (Å²) in [4.78, 5) is 4.46. The molecule has 23 heavy (non-hydrogen) atoms. The SMILES string of the molecule is CSc1nnc2c(n1)OC(c1ccc(C)o1)Nc1ccccc1-2. The van der Waals surface area contributed by atoms with Crippen molar-refractivity contribution in [3.05, 3.63) is 47.9 Å². The molecular weight excluding hydrogens is 312 g/mol. The van der Waals surface area contributed by atoms with Crippen LogP contribution in [0.2, 0.25) is 0 Å². The van der Waals surface area contributed by atoms with Gasteiger partial charge in [0.05, 0.1) is 0 Å². The molecule has 0 bridgehead atoms. The molecular formula is C16H14N4O2S. The normalized spacial score (nSPS) is 15.8. The summed E-state index contributed by atoms with van der Waals surface area (Å²) in [6.45, 7) is 1.90. The quantitative estimate of drug-likeness (QED) is 0.720. The summed E-state index contributed by atoms with van der Waals surface area (Å²) in [7, 11) is 0. The van der Waals surface area contributed by atoms with Gasteiger partial charge in [0.15, 0.2) is 11.5 Å². The summed E-state index contributed by atoms with van der Waals surface area (Å²) < 4.78 is 11.8. The molecule has 6 nitrogen and oxygen atoms in total. The molecule has 116 valence electrons. The standard InChI is InChI=1S/C16H14N4O2S/c1-9-7-8-12(21-9)14-17-11-6-4-3-5-10(11)13-15(22-14)18-16(23-2)20-19-13/h3-8,14,17H,1-2H3. The van der Waals surface area contributed by atoms with E-state index in [9.17, 15) is 0 Å². The van der Waals surface area contributed by atoms with Gasteiger partial charge in [-0.25, -0.2) is 0 Å². The molecule has 7 heteroatoms. The molecule has 1 atom stereocenters. The number of thioether (sulfide) groups is 1. The molecule has 1 unspecified atom stereocenters. The highest BCUT2D eigenvalue weighted by Gasteiger charge is 2.27. The van der Waals surface area contributed by atoms with Gasteiger partial charge in [0.1, 0.15) is 5.76 Å². The van der Waals surface area contributed by atoms with E-state index in [4.69, 9.17) is 9.15 Å². The van der Waals surface area contributed by atoms with E-state index < -0.39 is 6.23 Å². The fourth-order valence-corrected chi connectivity index (χ4v) is 2.75. The number of aryl methyl sites for hydroxylation is 1. The topological polar surface area (TPSA) is 73.1 Å². The van der Waals surface area contributed by atoms with E-state index >= 15 is 0 Å². The molecule has 3 heterocycles. The second-order valence-corrected chi connectivity index (χ2v) is 5.86. The van der Waals surface area contributed by atoms with Crippen LogP contribution in [-0.4, -0.2) is 21.4 Å². The van der Waals surface area contributed by atoms with Crippen molar-refractivity contribution in [2.45, 2.75) is 18.3 Å². The molecule has 1 aromatic carbocycles. The van der Waals surface area contributed by atoms with Crippen LogP contribution >= 0.6 is 11.8 Å². The zero-order chi connectivity index (χ0) is 15.8. The summed E-state index contributed by atoms with van der Waals surface area (Å²) in [5, 5.41) is 12.3. The predicted octanol–water partition coefficient (Wildman–Crippen LogP) is 3.67. The Morgan fingerprint density at radius 1 is 1.13 bits per heavy atom. The Bertz CT molecular complexity index is 865. The Balaban J connectivity index is 1.87. The first-order chi connectivity index (χ1) is 11.2. The van der Waals surface area contributed by atoms with E-state index in [1.54, 1.807) is 0 Å². The molecule has 4 rings (SSSR count). The van der Waals surface area contributed by atoms with Gasteiger partial charge in [-0.1, -0.05) is 30.0 Å². The van der Waals surface area contributed by atoms with Crippen molar-refractivity contribution < 1.29 is 9.15 Å². The van der Waals surface area contributed by atoms with Crippen molar-refractivity contribution in [2.75, 3.05) is 11.6 Å². The fourth-order valence-electron chi connectivity index (χ4n) is 2.46. The number of hydrogen-bond acceptors (Lipinski definition) is 7. The molecule has 1 aliphatic heterocycles. The molecule has 0 spiro atoms. The zero-order valence-corrected chi connectivity index (χ0v) is 13.4. The van der Waals surface area contributed by atoms with Gasteiger partial charge in [-0.05, 0) is 31.4 Å². The lowest BCUT2D eigenvalue weighted by atomic mass is 10.1. The molecule has 2 aromatic heterocycles. The average molecular weight is 326 g/mol. The van der Waals surface area contributed by atoms with Crippen molar-refractivity contribution in [3.63, 3.8) is 0 Å². The van der Waals surface area contributed by atoms with E-state index in [1.807, 2.05) is 49.6 Å². The highest BCUT2D eigenvalue weighted by atomic mass is 32.2. The predicted molar refractivity (Wildman–Crippen MR) is 87.5 cm³/mol. The first kappa shape index (κ1) is 14.1. The Morgan fingerprint density at radius 3 is 2.78 bits per heavy atom. The van der Waals surface area contributed by atoms with Crippen LogP contribution in [0.4, 0.5) is 5.69 Å². The van der Waals surface area contributed by atoms with Crippen LogP contribution in [0.3, 0.4) is 0 Å². The molecule has 1 N–H and O–H groups in total. The summed E-state index contributed by atoms with van der Waals surface area (Å²) in [5.74, 6) is 1.96. The zero-order valence-electron chi connectivity index (χ0n) is 12.6. The van der Waals surface area contributed by atoms with Crippen molar-refractivity contribution in [1.29, 1.82) is 0 Å². The number of fused-ring (bicyclic) bond motifs is 3. The lowest BCUT2D eigenvalue weighted by Gasteiger charge is -2.16. The van der Waals surface area contributed by atoms with Crippen LogP contribution in [0.1, 0.15) is 17.7 Å². The molecule has 3 aromatic rings. The first-order valence-corrected chi connectivity index (χ1v) is 8.35. The summed E-state index contributed by atoms with van der Waals surface area (Å²) in [6, 6.07) is 11.6. The Kier molecular flexibility index (Phi) is 3.42. The number of rotatable bonds is 2. The first-order valence-electron chi connectivity index (χ1n) is 7.12. The Morgan fingerprint density at radius 2 is 2.00 bits per heavy atom. The van der Waals surface area contributed by atoms with Crippen LogP contribution in [0.25, 0.3) is 11.3 Å². The summed E-state index contributed by atoms with van der Waals surface area (Å²) in [6.07, 6.45) is 1.43. The maximum atomic E-state index is 6.05. The van der Waals surface area contributed by atoms with E-state index in [2.05, 4.69) is 20.5 Å². The number of benzene rings is 1. The maximum Gasteiger partial charge on any atom is 0.247 e. The maximum absolute atomic E-state index is 6.05. The average Bonchev–Trinajstić information content (AvgIpc) is 2.93. The third-order valence-electron chi connectivity index (χ3n) is 3.54.